The smallest absolute Gasteiger partial charge is 0.408 e. The molecule has 39 heavy (non-hydrogen) atoms. The predicted octanol–water partition coefficient (Wildman–Crippen LogP) is 5.01. The van der Waals surface area contributed by atoms with E-state index in [4.69, 9.17) is 14.2 Å². The highest BCUT2D eigenvalue weighted by molar-refractivity contribution is 5.97. The average molecular weight is 548 g/mol. The zero-order chi connectivity index (χ0) is 28.5. The molecule has 1 aliphatic heterocycles. The van der Waals surface area contributed by atoms with Crippen molar-refractivity contribution in [3.05, 3.63) is 45.3 Å². The topological polar surface area (TPSA) is 99.1 Å². The Bertz CT molecular complexity index is 1370. The van der Waals surface area contributed by atoms with Gasteiger partial charge in [0, 0.05) is 25.3 Å². The van der Waals surface area contributed by atoms with Crippen LogP contribution in [0.1, 0.15) is 69.8 Å². The van der Waals surface area contributed by atoms with E-state index in [1.807, 2.05) is 0 Å². The number of hydrogen-bond donors (Lipinski definition) is 1. The Morgan fingerprint density at radius 3 is 2.56 bits per heavy atom. The van der Waals surface area contributed by atoms with E-state index in [2.05, 4.69) is 5.32 Å². The van der Waals surface area contributed by atoms with Crippen LogP contribution in [0.2, 0.25) is 0 Å². The first-order valence-electron chi connectivity index (χ1n) is 13.2. The number of benzene rings is 1. The molecule has 212 valence electrons. The lowest BCUT2D eigenvalue weighted by Gasteiger charge is -2.33. The number of piperidine rings is 1. The third-order valence-corrected chi connectivity index (χ3v) is 6.61. The van der Waals surface area contributed by atoms with E-state index < -0.39 is 34.7 Å². The minimum absolute atomic E-state index is 0.0195. The van der Waals surface area contributed by atoms with Gasteiger partial charge in [0.25, 0.3) is 0 Å². The number of hydrogen-bond acceptors (Lipinski definition) is 7. The number of methoxy groups -OCH3 is 1. The molecule has 1 saturated heterocycles. The highest BCUT2D eigenvalue weighted by atomic mass is 19.1. The minimum Gasteiger partial charge on any atom is -0.492 e. The van der Waals surface area contributed by atoms with Gasteiger partial charge in [0.15, 0.2) is 11.6 Å². The lowest BCUT2D eigenvalue weighted by Crippen LogP contribution is -2.35. The normalized spacial score (nSPS) is 17.2. The molecular formula is C28H35F2N3O6. The van der Waals surface area contributed by atoms with Crippen LogP contribution in [-0.4, -0.2) is 55.6 Å². The summed E-state index contributed by atoms with van der Waals surface area (Å²) < 4.78 is 48.5. The quantitative estimate of drug-likeness (QED) is 0.487. The molecule has 2 aliphatic rings. The molecule has 0 radical (unpaired) electrons. The van der Waals surface area contributed by atoms with Crippen molar-refractivity contribution in [3.63, 3.8) is 0 Å². The second kappa shape index (κ2) is 11.2. The molecular weight excluding hydrogens is 512 g/mol. The Morgan fingerprint density at radius 2 is 1.95 bits per heavy atom. The number of aromatic nitrogens is 1. The van der Waals surface area contributed by atoms with Crippen LogP contribution in [0, 0.1) is 5.82 Å². The molecule has 2 heterocycles. The van der Waals surface area contributed by atoms with Crippen molar-refractivity contribution >= 4 is 28.7 Å². The number of nitrogens with one attached hydrogen (secondary N) is 1. The number of fused-ring (bicyclic) bond motifs is 1. The SMILES string of the molecule is CCOC(=O)c1cn(C2CC2)c2c(OC)c(N3CCC/C(=C(\F)CNC(=O)OC(C)(C)C)C3)c(F)cc2c1=O. The molecule has 1 saturated carbocycles. The summed E-state index contributed by atoms with van der Waals surface area (Å²) in [6, 6.07) is 1.15. The van der Waals surface area contributed by atoms with Crippen molar-refractivity contribution in [1.29, 1.82) is 0 Å². The van der Waals surface area contributed by atoms with Crippen LogP contribution in [0.3, 0.4) is 0 Å². The molecule has 0 unspecified atom stereocenters. The molecule has 1 amide bonds. The van der Waals surface area contributed by atoms with Gasteiger partial charge in [-0.3, -0.25) is 4.79 Å². The van der Waals surface area contributed by atoms with Gasteiger partial charge in [0.2, 0.25) is 5.43 Å². The number of esters is 1. The molecule has 0 atom stereocenters. The number of carbonyl (C=O) groups is 2. The minimum atomic E-state index is -0.761. The fourth-order valence-corrected chi connectivity index (χ4v) is 4.80. The Morgan fingerprint density at radius 1 is 1.23 bits per heavy atom. The van der Waals surface area contributed by atoms with Crippen LogP contribution in [0.5, 0.6) is 5.75 Å². The number of carbonyl (C=O) groups excluding carboxylic acids is 2. The van der Waals surface area contributed by atoms with E-state index in [0.29, 0.717) is 30.5 Å². The van der Waals surface area contributed by atoms with Gasteiger partial charge in [-0.2, -0.15) is 0 Å². The van der Waals surface area contributed by atoms with Crippen molar-refractivity contribution in [2.75, 3.05) is 38.3 Å². The number of amides is 1. The molecule has 11 heteroatoms. The number of anilines is 1. The van der Waals surface area contributed by atoms with Crippen LogP contribution >= 0.6 is 0 Å². The van der Waals surface area contributed by atoms with Crippen molar-refractivity contribution in [3.8, 4) is 5.75 Å². The Labute approximate surface area is 225 Å². The summed E-state index contributed by atoms with van der Waals surface area (Å²) in [6.07, 6.45) is 3.41. The largest absolute Gasteiger partial charge is 0.492 e. The number of alkyl carbamates (subject to hydrolysis) is 1. The lowest BCUT2D eigenvalue weighted by molar-refractivity contribution is 0.0516. The van der Waals surface area contributed by atoms with Crippen molar-refractivity contribution in [2.24, 2.45) is 0 Å². The molecule has 1 aliphatic carbocycles. The molecule has 1 aromatic carbocycles. The van der Waals surface area contributed by atoms with Gasteiger partial charge in [0.1, 0.15) is 22.7 Å². The number of halogens is 2. The summed E-state index contributed by atoms with van der Waals surface area (Å²) in [5, 5.41) is 2.44. The van der Waals surface area contributed by atoms with Crippen molar-refractivity contribution in [1.82, 2.24) is 9.88 Å². The maximum Gasteiger partial charge on any atom is 0.408 e. The summed E-state index contributed by atoms with van der Waals surface area (Å²) in [6.45, 7) is 7.06. The standard InChI is InChI=1S/C28H35F2N3O6/c1-6-38-26(35)19-15-33(17-9-10-17)22-18(24(19)34)12-20(29)23(25(22)37-5)32-11-7-8-16(14-32)21(30)13-31-27(36)39-28(2,3)4/h12,15,17H,6-11,13-14H2,1-5H3,(H,31,36)/b21-16+. The van der Waals surface area contributed by atoms with Gasteiger partial charge in [-0.05, 0) is 65.0 Å². The van der Waals surface area contributed by atoms with Gasteiger partial charge in [-0.15, -0.1) is 0 Å². The summed E-state index contributed by atoms with van der Waals surface area (Å²) in [4.78, 5) is 39.4. The van der Waals surface area contributed by atoms with Crippen LogP contribution in [-0.2, 0) is 9.47 Å². The van der Waals surface area contributed by atoms with Crippen LogP contribution in [0.15, 0.2) is 28.5 Å². The van der Waals surface area contributed by atoms with Crippen LogP contribution in [0.4, 0.5) is 19.3 Å². The van der Waals surface area contributed by atoms with E-state index >= 15 is 8.78 Å². The van der Waals surface area contributed by atoms with Gasteiger partial charge in [0.05, 0.1) is 31.2 Å². The van der Waals surface area contributed by atoms with E-state index in [1.54, 1.807) is 37.2 Å². The van der Waals surface area contributed by atoms with Gasteiger partial charge in [-0.25, -0.2) is 18.4 Å². The number of pyridine rings is 1. The maximum absolute atomic E-state index is 15.7. The van der Waals surface area contributed by atoms with Gasteiger partial charge in [-0.1, -0.05) is 0 Å². The average Bonchev–Trinajstić information content (AvgIpc) is 3.71. The first-order chi connectivity index (χ1) is 18.4. The molecule has 0 spiro atoms. The van der Waals surface area contributed by atoms with Gasteiger partial charge < -0.3 is 29.0 Å². The zero-order valence-corrected chi connectivity index (χ0v) is 23.0. The third kappa shape index (κ3) is 6.17. The molecule has 1 N–H and O–H groups in total. The predicted molar refractivity (Wildman–Crippen MR) is 143 cm³/mol. The first kappa shape index (κ1) is 28.4. The van der Waals surface area contributed by atoms with E-state index in [1.165, 1.54) is 13.3 Å². The van der Waals surface area contributed by atoms with E-state index in [0.717, 1.165) is 18.9 Å². The number of ether oxygens (including phenoxy) is 3. The Balaban J connectivity index is 1.72. The van der Waals surface area contributed by atoms with Crippen LogP contribution in [0.25, 0.3) is 10.9 Å². The highest BCUT2D eigenvalue weighted by Gasteiger charge is 2.32. The highest BCUT2D eigenvalue weighted by Crippen LogP contribution is 2.44. The van der Waals surface area contributed by atoms with Crippen molar-refractivity contribution in [2.45, 2.75) is 65.0 Å². The number of rotatable bonds is 7. The molecule has 2 aromatic rings. The van der Waals surface area contributed by atoms with Crippen molar-refractivity contribution < 1.29 is 32.6 Å². The summed E-state index contributed by atoms with van der Waals surface area (Å²) in [7, 11) is 1.39. The first-order valence-corrected chi connectivity index (χ1v) is 13.2. The lowest BCUT2D eigenvalue weighted by atomic mass is 10.0. The van der Waals surface area contributed by atoms with E-state index in [-0.39, 0.29) is 48.1 Å². The fraction of sp³-hybridized carbons (Fsp3) is 0.536. The summed E-state index contributed by atoms with van der Waals surface area (Å²) in [5.41, 5.74) is -0.574. The second-order valence-corrected chi connectivity index (χ2v) is 10.8. The Kier molecular flexibility index (Phi) is 8.17. The molecule has 2 fully saturated rings. The molecule has 9 nitrogen and oxygen atoms in total. The second-order valence-electron chi connectivity index (χ2n) is 10.8. The van der Waals surface area contributed by atoms with E-state index in [9.17, 15) is 14.4 Å². The summed E-state index contributed by atoms with van der Waals surface area (Å²) >= 11 is 0. The third-order valence-electron chi connectivity index (χ3n) is 6.61. The fourth-order valence-electron chi connectivity index (χ4n) is 4.80. The molecule has 1 aromatic heterocycles. The monoisotopic (exact) mass is 547 g/mol. The maximum atomic E-state index is 15.7. The Hall–Kier alpha value is -3.63. The zero-order valence-electron chi connectivity index (χ0n) is 23.0. The number of nitrogens with zero attached hydrogens (tertiary/aromatic N) is 2. The van der Waals surface area contributed by atoms with Crippen LogP contribution < -0.4 is 20.4 Å². The summed E-state index contributed by atoms with van der Waals surface area (Å²) in [5.74, 6) is -1.84. The molecule has 4 rings (SSSR count). The molecule has 0 bridgehead atoms. The van der Waals surface area contributed by atoms with Gasteiger partial charge >= 0.3 is 12.1 Å².